The summed E-state index contributed by atoms with van der Waals surface area (Å²) in [6, 6.07) is 6.65. The molecule has 4 aliphatic rings. The number of rotatable bonds is 5. The van der Waals surface area contributed by atoms with Crippen molar-refractivity contribution in [3.8, 4) is 11.3 Å². The van der Waals surface area contributed by atoms with Crippen molar-refractivity contribution in [3.05, 3.63) is 47.1 Å². The molecule has 172 valence electrons. The molecule has 6 atom stereocenters. The van der Waals surface area contributed by atoms with Gasteiger partial charge < -0.3 is 15.0 Å². The summed E-state index contributed by atoms with van der Waals surface area (Å²) in [7, 11) is 0. The zero-order valence-electron chi connectivity index (χ0n) is 19.0. The largest absolute Gasteiger partial charge is 0.375 e. The van der Waals surface area contributed by atoms with Crippen LogP contribution in [-0.4, -0.2) is 53.0 Å². The van der Waals surface area contributed by atoms with Crippen LogP contribution in [0.1, 0.15) is 37.7 Å². The molecule has 2 aromatic rings. The van der Waals surface area contributed by atoms with Crippen LogP contribution < -0.4 is 5.32 Å². The van der Waals surface area contributed by atoms with Gasteiger partial charge in [-0.3, -0.25) is 0 Å². The van der Waals surface area contributed by atoms with Gasteiger partial charge in [-0.2, -0.15) is 5.10 Å². The molecular weight excluding hydrogens is 417 g/mol. The molecule has 1 saturated carbocycles. The lowest BCUT2D eigenvalue weighted by Crippen LogP contribution is -2.33. The lowest BCUT2D eigenvalue weighted by Gasteiger charge is -2.26. The first-order valence-electron chi connectivity index (χ1n) is 12.2. The van der Waals surface area contributed by atoms with Crippen molar-refractivity contribution in [2.45, 2.75) is 57.3 Å². The summed E-state index contributed by atoms with van der Waals surface area (Å²) < 4.78 is 19.8. The van der Waals surface area contributed by atoms with Crippen molar-refractivity contribution in [1.29, 1.82) is 0 Å². The molecular formula is C26H30FN5O. The van der Waals surface area contributed by atoms with Gasteiger partial charge in [0.25, 0.3) is 0 Å². The molecule has 3 unspecified atom stereocenters. The number of aryl methyl sites for hydroxylation is 1. The maximum atomic E-state index is 13.7. The monoisotopic (exact) mass is 447 g/mol. The van der Waals surface area contributed by atoms with E-state index in [0.29, 0.717) is 52.8 Å². The molecule has 1 aromatic carbocycles. The average molecular weight is 448 g/mol. The van der Waals surface area contributed by atoms with Gasteiger partial charge in [0.15, 0.2) is 5.82 Å². The lowest BCUT2D eigenvalue weighted by atomic mass is 9.89. The SMILES string of the molecule is [C-]#[N+]c1cc(-c2cc(F)ccc2C)nnc1NC1C[C@@H]2CN(C[C@@H]3CC4CCC3O4)C[C@@H]2C1. The van der Waals surface area contributed by atoms with Gasteiger partial charge in [0.2, 0.25) is 5.69 Å². The van der Waals surface area contributed by atoms with E-state index in [4.69, 9.17) is 11.3 Å². The molecule has 1 aromatic heterocycles. The van der Waals surface area contributed by atoms with Crippen LogP contribution in [0.3, 0.4) is 0 Å². The number of fused-ring (bicyclic) bond motifs is 3. The number of aromatic nitrogens is 2. The number of ether oxygens (including phenoxy) is 1. The van der Waals surface area contributed by atoms with E-state index in [1.165, 1.54) is 51.0 Å². The minimum Gasteiger partial charge on any atom is -0.375 e. The zero-order valence-corrected chi connectivity index (χ0v) is 19.0. The van der Waals surface area contributed by atoms with Gasteiger partial charge >= 0.3 is 0 Å². The normalized spacial score (nSPS) is 32.8. The zero-order chi connectivity index (χ0) is 22.5. The van der Waals surface area contributed by atoms with Crippen LogP contribution in [0.25, 0.3) is 16.1 Å². The number of likely N-dealkylation sites (tertiary alicyclic amines) is 1. The third kappa shape index (κ3) is 4.00. The summed E-state index contributed by atoms with van der Waals surface area (Å²) in [5, 5.41) is 12.2. The molecule has 1 N–H and O–H groups in total. The second-order valence-corrected chi connectivity index (χ2v) is 10.5. The van der Waals surface area contributed by atoms with Crippen molar-refractivity contribution in [1.82, 2.24) is 15.1 Å². The number of hydrogen-bond acceptors (Lipinski definition) is 5. The Kier molecular flexibility index (Phi) is 5.31. The van der Waals surface area contributed by atoms with Crippen LogP contribution in [0, 0.1) is 37.1 Å². The van der Waals surface area contributed by atoms with Crippen molar-refractivity contribution < 1.29 is 9.13 Å². The number of halogens is 1. The second kappa shape index (κ2) is 8.34. The van der Waals surface area contributed by atoms with Crippen LogP contribution in [0.2, 0.25) is 0 Å². The first-order valence-corrected chi connectivity index (χ1v) is 12.2. The molecule has 4 fully saturated rings. The van der Waals surface area contributed by atoms with Crippen LogP contribution in [0.4, 0.5) is 15.9 Å². The molecule has 4 heterocycles. The summed E-state index contributed by atoms with van der Waals surface area (Å²) >= 11 is 0. The third-order valence-electron chi connectivity index (χ3n) is 8.26. The lowest BCUT2D eigenvalue weighted by molar-refractivity contribution is 0.0854. The highest BCUT2D eigenvalue weighted by atomic mass is 19.1. The first-order chi connectivity index (χ1) is 16.1. The molecule has 0 spiro atoms. The Morgan fingerprint density at radius 3 is 2.67 bits per heavy atom. The van der Waals surface area contributed by atoms with E-state index in [-0.39, 0.29) is 5.82 Å². The van der Waals surface area contributed by atoms with Crippen LogP contribution in [0.15, 0.2) is 24.3 Å². The Labute approximate surface area is 194 Å². The van der Waals surface area contributed by atoms with E-state index in [1.54, 1.807) is 12.1 Å². The topological polar surface area (TPSA) is 54.6 Å². The fourth-order valence-corrected chi connectivity index (χ4v) is 6.70. The Balaban J connectivity index is 1.08. The van der Waals surface area contributed by atoms with Crippen LogP contribution >= 0.6 is 0 Å². The number of benzene rings is 1. The molecule has 6 rings (SSSR count). The molecule has 7 heteroatoms. The van der Waals surface area contributed by atoms with Crippen LogP contribution in [-0.2, 0) is 4.74 Å². The highest BCUT2D eigenvalue weighted by Crippen LogP contribution is 2.43. The van der Waals surface area contributed by atoms with Crippen molar-refractivity contribution in [2.75, 3.05) is 25.0 Å². The van der Waals surface area contributed by atoms with Crippen molar-refractivity contribution >= 4 is 11.5 Å². The van der Waals surface area contributed by atoms with Gasteiger partial charge in [0, 0.05) is 37.2 Å². The molecule has 33 heavy (non-hydrogen) atoms. The van der Waals surface area contributed by atoms with Crippen molar-refractivity contribution in [3.63, 3.8) is 0 Å². The predicted molar refractivity (Wildman–Crippen MR) is 124 cm³/mol. The molecule has 1 aliphatic carbocycles. The number of nitrogens with one attached hydrogen (secondary N) is 1. The summed E-state index contributed by atoms with van der Waals surface area (Å²) in [6.07, 6.45) is 7.03. The molecule has 6 nitrogen and oxygen atoms in total. The highest BCUT2D eigenvalue weighted by Gasteiger charge is 2.45. The summed E-state index contributed by atoms with van der Waals surface area (Å²) in [5.41, 5.74) is 2.56. The van der Waals surface area contributed by atoms with Gasteiger partial charge in [-0.25, -0.2) is 9.24 Å². The standard InChI is InChI=1S/C26H30FN5O/c1-15-3-4-19(27)10-22(15)23-11-24(28-2)26(31-30-23)29-20-7-16-12-32(13-17(16)8-20)14-18-9-21-5-6-25(18)33-21/h3-4,10-11,16-18,20-21,25H,5-9,12-14H2,1H3,(H,29,31)/t16-,17+,18-,20?,21?,25?/m0/s1. The van der Waals surface area contributed by atoms with Crippen LogP contribution in [0.5, 0.6) is 0 Å². The minimum atomic E-state index is -0.316. The quantitative estimate of drug-likeness (QED) is 0.666. The van der Waals surface area contributed by atoms with Crippen molar-refractivity contribution in [2.24, 2.45) is 17.8 Å². The third-order valence-corrected chi connectivity index (χ3v) is 8.26. The fraction of sp³-hybridized carbons (Fsp3) is 0.577. The molecule has 3 aliphatic heterocycles. The highest BCUT2D eigenvalue weighted by molar-refractivity contribution is 5.73. The van der Waals surface area contributed by atoms with E-state index in [1.807, 2.05) is 6.92 Å². The van der Waals surface area contributed by atoms with Gasteiger partial charge in [-0.1, -0.05) is 6.07 Å². The Bertz CT molecular complexity index is 1090. The van der Waals surface area contributed by atoms with Gasteiger partial charge in [0.1, 0.15) is 5.82 Å². The maximum absolute atomic E-state index is 13.7. The van der Waals surface area contributed by atoms with E-state index < -0.39 is 0 Å². The van der Waals surface area contributed by atoms with E-state index in [9.17, 15) is 4.39 Å². The summed E-state index contributed by atoms with van der Waals surface area (Å²) in [6.45, 7) is 13.1. The predicted octanol–water partition coefficient (Wildman–Crippen LogP) is 4.83. The average Bonchev–Trinajstić information content (AvgIpc) is 3.57. The van der Waals surface area contributed by atoms with Gasteiger partial charge in [-0.05, 0) is 74.6 Å². The number of nitrogens with zero attached hydrogens (tertiary/aromatic N) is 4. The second-order valence-electron chi connectivity index (χ2n) is 10.5. The fourth-order valence-electron chi connectivity index (χ4n) is 6.70. The molecule has 0 amide bonds. The maximum Gasteiger partial charge on any atom is 0.232 e. The Morgan fingerprint density at radius 1 is 1.15 bits per heavy atom. The Hall–Kier alpha value is -2.56. The van der Waals surface area contributed by atoms with Gasteiger partial charge in [0.05, 0.1) is 24.5 Å². The number of hydrogen-bond donors (Lipinski definition) is 1. The molecule has 2 bridgehead atoms. The Morgan fingerprint density at radius 2 is 1.97 bits per heavy atom. The first kappa shape index (κ1) is 21.0. The van der Waals surface area contributed by atoms with E-state index in [0.717, 1.165) is 24.3 Å². The molecule has 3 saturated heterocycles. The summed E-state index contributed by atoms with van der Waals surface area (Å²) in [5.74, 6) is 2.38. The summed E-state index contributed by atoms with van der Waals surface area (Å²) in [4.78, 5) is 6.35. The van der Waals surface area contributed by atoms with E-state index in [2.05, 4.69) is 25.3 Å². The van der Waals surface area contributed by atoms with E-state index >= 15 is 0 Å². The minimum absolute atomic E-state index is 0.316. The molecule has 0 radical (unpaired) electrons. The smallest absolute Gasteiger partial charge is 0.232 e. The van der Waals surface area contributed by atoms with Gasteiger partial charge in [-0.15, -0.1) is 5.10 Å². The number of anilines is 1.